The Kier molecular flexibility index (Phi) is 4.67. The van der Waals surface area contributed by atoms with E-state index < -0.39 is 11.8 Å². The molecule has 1 N–H and O–H groups in total. The number of carbonyl (C=O) groups excluding carboxylic acids is 3. The van der Waals surface area contributed by atoms with Crippen molar-refractivity contribution in [2.75, 3.05) is 10.2 Å². The van der Waals surface area contributed by atoms with Crippen LogP contribution in [0.2, 0.25) is 0 Å². The molecule has 180 valence electrons. The fourth-order valence-corrected chi connectivity index (χ4v) is 6.43. The van der Waals surface area contributed by atoms with Crippen LogP contribution in [-0.4, -0.2) is 17.7 Å². The van der Waals surface area contributed by atoms with Crippen molar-refractivity contribution in [3.63, 3.8) is 0 Å². The third-order valence-electron chi connectivity index (χ3n) is 7.94. The molecular weight excluding hydrogens is 467 g/mol. The molecule has 1 heterocycles. The molecule has 0 radical (unpaired) electrons. The van der Waals surface area contributed by atoms with Gasteiger partial charge >= 0.3 is 0 Å². The number of nitrogens with one attached hydrogen (secondary N) is 1. The van der Waals surface area contributed by atoms with Crippen LogP contribution in [0.3, 0.4) is 0 Å². The van der Waals surface area contributed by atoms with Crippen LogP contribution in [0.1, 0.15) is 44.4 Å². The van der Waals surface area contributed by atoms with Crippen molar-refractivity contribution in [3.8, 4) is 0 Å². The minimum Gasteiger partial charge on any atom is -0.322 e. The Morgan fingerprint density at radius 1 is 0.649 bits per heavy atom. The minimum absolute atomic E-state index is 0.162. The summed E-state index contributed by atoms with van der Waals surface area (Å²) in [6.07, 6.45) is 0. The van der Waals surface area contributed by atoms with Crippen LogP contribution in [-0.2, 0) is 9.59 Å². The van der Waals surface area contributed by atoms with Crippen LogP contribution < -0.4 is 10.2 Å². The molecule has 0 unspecified atom stereocenters. The molecule has 5 nitrogen and oxygen atoms in total. The summed E-state index contributed by atoms with van der Waals surface area (Å²) in [6.45, 7) is 0. The van der Waals surface area contributed by atoms with Crippen molar-refractivity contribution in [3.05, 3.63) is 131 Å². The standard InChI is InChI=1S/C31H21FN2O3/c32-18-11-13-19(14-12-18)33-29(35)17-9-15-20(16-10-17)34-30(36)27-25-21-5-1-2-6-22(21)26(28(27)31(34)37)24-8-4-3-7-23(24)25/h1-16,25-28H,(H,33,35)/t25?,26?,27-,28-/m1/s1. The smallest absolute Gasteiger partial charge is 0.255 e. The summed E-state index contributed by atoms with van der Waals surface area (Å²) in [5.74, 6) is -2.38. The topological polar surface area (TPSA) is 66.5 Å². The maximum absolute atomic E-state index is 13.8. The molecule has 3 aliphatic carbocycles. The van der Waals surface area contributed by atoms with Gasteiger partial charge in [-0.05, 0) is 70.8 Å². The van der Waals surface area contributed by atoms with Gasteiger partial charge in [0.1, 0.15) is 5.82 Å². The summed E-state index contributed by atoms with van der Waals surface area (Å²) in [7, 11) is 0. The van der Waals surface area contributed by atoms with Crippen molar-refractivity contribution in [2.24, 2.45) is 11.8 Å². The largest absolute Gasteiger partial charge is 0.322 e. The molecule has 1 aliphatic heterocycles. The molecule has 37 heavy (non-hydrogen) atoms. The zero-order valence-corrected chi connectivity index (χ0v) is 19.6. The first kappa shape index (κ1) is 21.7. The number of halogens is 1. The molecule has 2 atom stereocenters. The van der Waals surface area contributed by atoms with E-state index in [1.54, 1.807) is 24.3 Å². The highest BCUT2D eigenvalue weighted by molar-refractivity contribution is 6.23. The first-order valence-corrected chi connectivity index (χ1v) is 12.3. The maximum Gasteiger partial charge on any atom is 0.255 e. The number of imide groups is 1. The van der Waals surface area contributed by atoms with E-state index in [1.807, 2.05) is 24.3 Å². The van der Waals surface area contributed by atoms with Gasteiger partial charge in [-0.3, -0.25) is 14.4 Å². The highest BCUT2D eigenvalue weighted by atomic mass is 19.1. The van der Waals surface area contributed by atoms with E-state index in [0.717, 1.165) is 22.3 Å². The number of hydrogen-bond donors (Lipinski definition) is 1. The maximum atomic E-state index is 13.8. The monoisotopic (exact) mass is 488 g/mol. The van der Waals surface area contributed by atoms with E-state index in [2.05, 4.69) is 29.6 Å². The number of anilines is 2. The molecule has 0 spiro atoms. The fourth-order valence-electron chi connectivity index (χ4n) is 6.43. The van der Waals surface area contributed by atoms with Crippen molar-refractivity contribution >= 4 is 29.1 Å². The number of nitrogens with zero attached hydrogens (tertiary/aromatic N) is 1. The van der Waals surface area contributed by atoms with Crippen LogP contribution in [0.15, 0.2) is 97.1 Å². The summed E-state index contributed by atoms with van der Waals surface area (Å²) in [5, 5.41) is 2.72. The summed E-state index contributed by atoms with van der Waals surface area (Å²) in [6, 6.07) is 28.2. The number of amides is 3. The molecule has 3 amide bonds. The van der Waals surface area contributed by atoms with Crippen LogP contribution in [0.25, 0.3) is 0 Å². The molecule has 2 bridgehead atoms. The van der Waals surface area contributed by atoms with Gasteiger partial charge in [-0.25, -0.2) is 9.29 Å². The molecule has 1 saturated heterocycles. The van der Waals surface area contributed by atoms with Crippen molar-refractivity contribution in [1.82, 2.24) is 0 Å². The molecule has 4 aromatic rings. The van der Waals surface area contributed by atoms with E-state index in [1.165, 1.54) is 29.2 Å². The first-order chi connectivity index (χ1) is 18.0. The molecule has 1 fully saturated rings. The molecule has 8 rings (SSSR count). The van der Waals surface area contributed by atoms with Gasteiger partial charge in [0.05, 0.1) is 17.5 Å². The summed E-state index contributed by atoms with van der Waals surface area (Å²) in [4.78, 5) is 41.6. The van der Waals surface area contributed by atoms with Gasteiger partial charge in [-0.15, -0.1) is 0 Å². The predicted molar refractivity (Wildman–Crippen MR) is 137 cm³/mol. The molecule has 6 heteroatoms. The van der Waals surface area contributed by atoms with E-state index in [4.69, 9.17) is 0 Å². The average molecular weight is 489 g/mol. The summed E-state index contributed by atoms with van der Waals surface area (Å²) < 4.78 is 13.1. The zero-order valence-electron chi connectivity index (χ0n) is 19.6. The van der Waals surface area contributed by atoms with Gasteiger partial charge < -0.3 is 5.32 Å². The quantitative estimate of drug-likeness (QED) is 0.389. The van der Waals surface area contributed by atoms with Crippen LogP contribution in [0.4, 0.5) is 15.8 Å². The molecule has 4 aliphatic rings. The second-order valence-corrected chi connectivity index (χ2v) is 9.78. The fraction of sp³-hybridized carbons (Fsp3) is 0.129. The number of hydrogen-bond acceptors (Lipinski definition) is 3. The SMILES string of the molecule is O=C(Nc1ccc(F)cc1)c1ccc(N2C(=O)[C@@H]3C4c5ccccc5C(c5ccccc54)[C@H]3C2=O)cc1. The number of carbonyl (C=O) groups is 3. The van der Waals surface area contributed by atoms with Gasteiger partial charge in [-0.2, -0.15) is 0 Å². The van der Waals surface area contributed by atoms with Gasteiger partial charge in [0.15, 0.2) is 0 Å². The Labute approximate surface area is 212 Å². The van der Waals surface area contributed by atoms with E-state index >= 15 is 0 Å². The Balaban J connectivity index is 1.21. The lowest BCUT2D eigenvalue weighted by atomic mass is 9.55. The minimum atomic E-state index is -0.455. The Bertz CT molecular complexity index is 1480. The third kappa shape index (κ3) is 3.12. The van der Waals surface area contributed by atoms with Gasteiger partial charge in [-0.1, -0.05) is 48.5 Å². The highest BCUT2D eigenvalue weighted by Gasteiger charge is 2.61. The van der Waals surface area contributed by atoms with Crippen molar-refractivity contribution in [1.29, 1.82) is 0 Å². The van der Waals surface area contributed by atoms with E-state index in [-0.39, 0.29) is 35.4 Å². The Morgan fingerprint density at radius 2 is 1.11 bits per heavy atom. The first-order valence-electron chi connectivity index (χ1n) is 12.3. The lowest BCUT2D eigenvalue weighted by Crippen LogP contribution is -2.41. The normalized spacial score (nSPS) is 22.9. The Hall–Kier alpha value is -4.58. The predicted octanol–water partition coefficient (Wildman–Crippen LogP) is 5.47. The van der Waals surface area contributed by atoms with Gasteiger partial charge in [0.2, 0.25) is 11.8 Å². The van der Waals surface area contributed by atoms with Crippen molar-refractivity contribution in [2.45, 2.75) is 11.8 Å². The van der Waals surface area contributed by atoms with E-state index in [0.29, 0.717) is 16.9 Å². The zero-order chi connectivity index (χ0) is 25.3. The number of benzene rings is 4. The summed E-state index contributed by atoms with van der Waals surface area (Å²) in [5.41, 5.74) is 5.80. The molecule has 4 aromatic carbocycles. The molecule has 0 aromatic heterocycles. The summed E-state index contributed by atoms with van der Waals surface area (Å²) >= 11 is 0. The van der Waals surface area contributed by atoms with E-state index in [9.17, 15) is 18.8 Å². The molecular formula is C31H21FN2O3. The van der Waals surface area contributed by atoms with Crippen molar-refractivity contribution < 1.29 is 18.8 Å². The lowest BCUT2D eigenvalue weighted by Gasteiger charge is -2.45. The molecule has 0 saturated carbocycles. The van der Waals surface area contributed by atoms with Crippen LogP contribution >= 0.6 is 0 Å². The lowest BCUT2D eigenvalue weighted by molar-refractivity contribution is -0.122. The third-order valence-corrected chi connectivity index (χ3v) is 7.94. The second kappa shape index (κ2) is 7.96. The van der Waals surface area contributed by atoms with Gasteiger partial charge in [0, 0.05) is 23.1 Å². The second-order valence-electron chi connectivity index (χ2n) is 9.78. The van der Waals surface area contributed by atoms with Crippen LogP contribution in [0, 0.1) is 17.7 Å². The Morgan fingerprint density at radius 3 is 1.57 bits per heavy atom. The van der Waals surface area contributed by atoms with Gasteiger partial charge in [0.25, 0.3) is 5.91 Å². The van der Waals surface area contributed by atoms with Crippen LogP contribution in [0.5, 0.6) is 0 Å². The average Bonchev–Trinajstić information content (AvgIpc) is 3.20. The highest BCUT2D eigenvalue weighted by Crippen LogP contribution is 2.61. The number of rotatable bonds is 3.